The van der Waals surface area contributed by atoms with Crippen LogP contribution >= 0.6 is 0 Å². The molecule has 0 bridgehead atoms. The maximum Gasteiger partial charge on any atom is 0.287 e. The summed E-state index contributed by atoms with van der Waals surface area (Å²) in [6.45, 7) is -2.00. The number of aliphatic hydroxyl groups is 1. The molecule has 1 aromatic heterocycles. The first-order chi connectivity index (χ1) is 7.09. The van der Waals surface area contributed by atoms with Gasteiger partial charge in [0.05, 0.1) is 12.1 Å². The molecule has 0 radical (unpaired) electrons. The van der Waals surface area contributed by atoms with Crippen molar-refractivity contribution in [2.45, 2.75) is 5.92 Å². The minimum absolute atomic E-state index is 0.0909. The summed E-state index contributed by atoms with van der Waals surface area (Å²) in [7, 11) is 0. The van der Waals surface area contributed by atoms with E-state index in [1.54, 1.807) is 0 Å². The second-order valence-corrected chi connectivity index (χ2v) is 2.88. The zero-order chi connectivity index (χ0) is 11.3. The number of pyridine rings is 1. The molecule has 0 aromatic carbocycles. The van der Waals surface area contributed by atoms with Gasteiger partial charge in [0.2, 0.25) is 0 Å². The van der Waals surface area contributed by atoms with E-state index in [1.807, 2.05) is 6.07 Å². The van der Waals surface area contributed by atoms with E-state index < -0.39 is 19.1 Å². The number of hydrogen-bond donors (Lipinski definition) is 2. The van der Waals surface area contributed by atoms with Crippen molar-refractivity contribution >= 4 is 5.82 Å². The predicted octanol–water partition coefficient (Wildman–Crippen LogP) is 0.993. The maximum absolute atomic E-state index is 12.7. The van der Waals surface area contributed by atoms with Crippen molar-refractivity contribution in [3.8, 4) is 6.07 Å². The zero-order valence-corrected chi connectivity index (χ0v) is 7.74. The Labute approximate surface area is 85.2 Å². The maximum atomic E-state index is 12.7. The molecule has 15 heavy (non-hydrogen) atoms. The van der Waals surface area contributed by atoms with Gasteiger partial charge in [-0.3, -0.25) is 0 Å². The SMILES string of the molecule is N#Cc1cccnc1NCC(F)(F)CO. The summed E-state index contributed by atoms with van der Waals surface area (Å²) in [5.74, 6) is -3.13. The topological polar surface area (TPSA) is 68.9 Å². The fraction of sp³-hybridized carbons (Fsp3) is 0.333. The lowest BCUT2D eigenvalue weighted by Gasteiger charge is -2.14. The lowest BCUT2D eigenvalue weighted by Crippen LogP contribution is -2.31. The van der Waals surface area contributed by atoms with Crippen LogP contribution in [0, 0.1) is 11.3 Å². The van der Waals surface area contributed by atoms with Crippen LogP contribution in [-0.2, 0) is 0 Å². The van der Waals surface area contributed by atoms with Crippen LogP contribution in [0.2, 0.25) is 0 Å². The molecule has 2 N–H and O–H groups in total. The average molecular weight is 213 g/mol. The molecular formula is C9H9F2N3O. The van der Waals surface area contributed by atoms with Crippen LogP contribution in [0.5, 0.6) is 0 Å². The molecule has 1 rings (SSSR count). The third-order valence-electron chi connectivity index (χ3n) is 1.67. The van der Waals surface area contributed by atoms with Crippen LogP contribution in [0.1, 0.15) is 5.56 Å². The van der Waals surface area contributed by atoms with E-state index in [9.17, 15) is 8.78 Å². The van der Waals surface area contributed by atoms with E-state index >= 15 is 0 Å². The summed E-state index contributed by atoms with van der Waals surface area (Å²) >= 11 is 0. The van der Waals surface area contributed by atoms with Gasteiger partial charge in [0, 0.05) is 6.20 Å². The van der Waals surface area contributed by atoms with Crippen LogP contribution < -0.4 is 5.32 Å². The number of nitriles is 1. The van der Waals surface area contributed by atoms with Crippen molar-refractivity contribution in [3.05, 3.63) is 23.9 Å². The summed E-state index contributed by atoms with van der Waals surface area (Å²) in [6.07, 6.45) is 1.39. The largest absolute Gasteiger partial charge is 0.390 e. The van der Waals surface area contributed by atoms with Gasteiger partial charge in [-0.15, -0.1) is 0 Å². The van der Waals surface area contributed by atoms with Gasteiger partial charge in [0.1, 0.15) is 18.5 Å². The van der Waals surface area contributed by atoms with Crippen molar-refractivity contribution < 1.29 is 13.9 Å². The van der Waals surface area contributed by atoms with Gasteiger partial charge >= 0.3 is 0 Å². The number of anilines is 1. The van der Waals surface area contributed by atoms with Crippen LogP contribution in [0.15, 0.2) is 18.3 Å². The van der Waals surface area contributed by atoms with Crippen molar-refractivity contribution in [3.63, 3.8) is 0 Å². The quantitative estimate of drug-likeness (QED) is 0.782. The molecule has 0 unspecified atom stereocenters. The van der Waals surface area contributed by atoms with E-state index in [0.29, 0.717) is 0 Å². The number of alkyl halides is 2. The van der Waals surface area contributed by atoms with Crippen LogP contribution in [0.3, 0.4) is 0 Å². The number of rotatable bonds is 4. The van der Waals surface area contributed by atoms with E-state index in [-0.39, 0.29) is 11.4 Å². The third kappa shape index (κ3) is 3.14. The summed E-state index contributed by atoms with van der Waals surface area (Å²) < 4.78 is 25.3. The first-order valence-corrected chi connectivity index (χ1v) is 4.17. The lowest BCUT2D eigenvalue weighted by atomic mass is 10.2. The zero-order valence-electron chi connectivity index (χ0n) is 7.74. The number of aromatic nitrogens is 1. The summed E-state index contributed by atoms with van der Waals surface area (Å²) in [5, 5.41) is 19.3. The number of halogens is 2. The number of hydrogen-bond acceptors (Lipinski definition) is 4. The van der Waals surface area contributed by atoms with Gasteiger partial charge in [0.25, 0.3) is 5.92 Å². The molecule has 0 saturated carbocycles. The molecular weight excluding hydrogens is 204 g/mol. The highest BCUT2D eigenvalue weighted by Crippen LogP contribution is 2.15. The second-order valence-electron chi connectivity index (χ2n) is 2.88. The Morgan fingerprint density at radius 1 is 1.60 bits per heavy atom. The smallest absolute Gasteiger partial charge is 0.287 e. The Balaban J connectivity index is 2.70. The summed E-state index contributed by atoms with van der Waals surface area (Å²) in [4.78, 5) is 3.74. The number of aliphatic hydroxyl groups excluding tert-OH is 1. The molecule has 0 amide bonds. The molecule has 1 heterocycles. The molecule has 0 aliphatic heterocycles. The molecule has 1 aromatic rings. The van der Waals surface area contributed by atoms with Crippen LogP contribution in [0.4, 0.5) is 14.6 Å². The molecule has 0 spiro atoms. The van der Waals surface area contributed by atoms with Gasteiger partial charge in [0.15, 0.2) is 0 Å². The first-order valence-electron chi connectivity index (χ1n) is 4.17. The number of nitrogens with one attached hydrogen (secondary N) is 1. The Kier molecular flexibility index (Phi) is 3.52. The Morgan fingerprint density at radius 3 is 2.93 bits per heavy atom. The first kappa shape index (κ1) is 11.3. The lowest BCUT2D eigenvalue weighted by molar-refractivity contribution is -0.0373. The van der Waals surface area contributed by atoms with Gasteiger partial charge in [-0.2, -0.15) is 5.26 Å². The van der Waals surface area contributed by atoms with Crippen molar-refractivity contribution in [1.82, 2.24) is 4.98 Å². The van der Waals surface area contributed by atoms with Gasteiger partial charge in [-0.05, 0) is 12.1 Å². The monoisotopic (exact) mass is 213 g/mol. The standard InChI is InChI=1S/C9H9F2N3O/c10-9(11,6-15)5-14-8-7(4-12)2-1-3-13-8/h1-3,15H,5-6H2,(H,13,14). The normalized spacial score (nSPS) is 10.8. The molecule has 0 fully saturated rings. The van der Waals surface area contributed by atoms with Crippen LogP contribution in [0.25, 0.3) is 0 Å². The van der Waals surface area contributed by atoms with E-state index in [4.69, 9.17) is 10.4 Å². The van der Waals surface area contributed by atoms with E-state index in [2.05, 4.69) is 10.3 Å². The Morgan fingerprint density at radius 2 is 2.33 bits per heavy atom. The second kappa shape index (κ2) is 4.66. The summed E-state index contributed by atoms with van der Waals surface area (Å²) in [6, 6.07) is 4.82. The van der Waals surface area contributed by atoms with Gasteiger partial charge in [-0.25, -0.2) is 13.8 Å². The molecule has 4 nitrogen and oxygen atoms in total. The molecule has 0 aliphatic carbocycles. The molecule has 0 saturated heterocycles. The molecule has 80 valence electrons. The Bertz CT molecular complexity index is 376. The minimum atomic E-state index is -3.22. The van der Waals surface area contributed by atoms with E-state index in [1.165, 1.54) is 18.3 Å². The molecule has 0 atom stereocenters. The minimum Gasteiger partial charge on any atom is -0.390 e. The summed E-state index contributed by atoms with van der Waals surface area (Å²) in [5.41, 5.74) is 0.186. The van der Waals surface area contributed by atoms with Crippen molar-refractivity contribution in [2.75, 3.05) is 18.5 Å². The van der Waals surface area contributed by atoms with E-state index in [0.717, 1.165) is 0 Å². The fourth-order valence-electron chi connectivity index (χ4n) is 0.905. The average Bonchev–Trinajstić information content (AvgIpc) is 2.27. The highest BCUT2D eigenvalue weighted by Gasteiger charge is 2.27. The van der Waals surface area contributed by atoms with Crippen LogP contribution in [-0.4, -0.2) is 29.2 Å². The molecule has 6 heteroatoms. The fourth-order valence-corrected chi connectivity index (χ4v) is 0.905. The van der Waals surface area contributed by atoms with Crippen molar-refractivity contribution in [1.29, 1.82) is 5.26 Å². The Hall–Kier alpha value is -1.74. The predicted molar refractivity (Wildman–Crippen MR) is 49.5 cm³/mol. The third-order valence-corrected chi connectivity index (χ3v) is 1.67. The number of nitrogens with zero attached hydrogens (tertiary/aromatic N) is 2. The highest BCUT2D eigenvalue weighted by atomic mass is 19.3. The molecule has 0 aliphatic rings. The highest BCUT2D eigenvalue weighted by molar-refractivity contribution is 5.51. The van der Waals surface area contributed by atoms with Gasteiger partial charge in [-0.1, -0.05) is 0 Å². The van der Waals surface area contributed by atoms with Crippen molar-refractivity contribution in [2.24, 2.45) is 0 Å². The van der Waals surface area contributed by atoms with Gasteiger partial charge < -0.3 is 10.4 Å².